The van der Waals surface area contributed by atoms with Crippen molar-refractivity contribution >= 4 is 11.6 Å². The molecule has 0 saturated carbocycles. The third-order valence-electron chi connectivity index (χ3n) is 3.21. The molecule has 1 unspecified atom stereocenters. The number of carbonyl (C=O) groups is 1. The Bertz CT molecular complexity index is 547. The molecule has 0 aliphatic rings. The fraction of sp³-hybridized carbons (Fsp3) is 0.462. The van der Waals surface area contributed by atoms with E-state index in [0.29, 0.717) is 19.5 Å². The second-order valence-corrected chi connectivity index (χ2v) is 4.54. The third kappa shape index (κ3) is 3.29. The number of hydrogen-bond donors (Lipinski definition) is 2. The maximum atomic E-state index is 11.8. The fourth-order valence-corrected chi connectivity index (χ4v) is 1.92. The Morgan fingerprint density at radius 2 is 2.32 bits per heavy atom. The zero-order valence-electron chi connectivity index (χ0n) is 11.0. The van der Waals surface area contributed by atoms with Crippen LogP contribution in [0.5, 0.6) is 0 Å². The molecule has 2 rings (SSSR count). The van der Waals surface area contributed by atoms with E-state index in [-0.39, 0.29) is 11.8 Å². The molecule has 0 aliphatic heterocycles. The zero-order chi connectivity index (χ0) is 13.7. The van der Waals surface area contributed by atoms with Gasteiger partial charge in [0, 0.05) is 12.6 Å². The average molecular weight is 261 g/mol. The third-order valence-corrected chi connectivity index (χ3v) is 3.21. The van der Waals surface area contributed by atoms with E-state index < -0.39 is 0 Å². The van der Waals surface area contributed by atoms with Gasteiger partial charge in [-0.2, -0.15) is 0 Å². The summed E-state index contributed by atoms with van der Waals surface area (Å²) in [6, 6.07) is 5.68. The van der Waals surface area contributed by atoms with Gasteiger partial charge in [0.05, 0.1) is 6.54 Å². The molecule has 3 N–H and O–H groups in total. The number of rotatable bonds is 6. The van der Waals surface area contributed by atoms with Crippen LogP contribution in [0.3, 0.4) is 0 Å². The summed E-state index contributed by atoms with van der Waals surface area (Å²) in [5.74, 6) is 0.977. The molecular formula is C13H19N5O. The molecule has 2 heterocycles. The van der Waals surface area contributed by atoms with Crippen LogP contribution in [0.2, 0.25) is 0 Å². The summed E-state index contributed by atoms with van der Waals surface area (Å²) in [4.78, 5) is 11.8. The molecule has 0 spiro atoms. The molecule has 102 valence electrons. The topological polar surface area (TPSA) is 85.3 Å². The summed E-state index contributed by atoms with van der Waals surface area (Å²) < 4.78 is 1.86. The molecule has 2 aromatic heterocycles. The molecule has 1 amide bonds. The molecule has 0 aromatic carbocycles. The first kappa shape index (κ1) is 13.5. The highest BCUT2D eigenvalue weighted by molar-refractivity contribution is 5.76. The number of hydrogen-bond acceptors (Lipinski definition) is 4. The SMILES string of the molecule is CCC(CN)CC(=O)NCc1nnc2ccccn12. The largest absolute Gasteiger partial charge is 0.349 e. The number of pyridine rings is 1. The lowest BCUT2D eigenvalue weighted by molar-refractivity contribution is -0.122. The van der Waals surface area contributed by atoms with Crippen LogP contribution in [0.25, 0.3) is 5.65 Å². The number of nitrogens with zero attached hydrogens (tertiary/aromatic N) is 3. The van der Waals surface area contributed by atoms with Crippen LogP contribution >= 0.6 is 0 Å². The van der Waals surface area contributed by atoms with Crippen LogP contribution in [0, 0.1) is 5.92 Å². The van der Waals surface area contributed by atoms with E-state index >= 15 is 0 Å². The van der Waals surface area contributed by atoms with E-state index in [4.69, 9.17) is 5.73 Å². The van der Waals surface area contributed by atoms with E-state index in [1.54, 1.807) is 0 Å². The van der Waals surface area contributed by atoms with E-state index in [1.807, 2.05) is 35.7 Å². The van der Waals surface area contributed by atoms with Crippen LogP contribution in [0.15, 0.2) is 24.4 Å². The van der Waals surface area contributed by atoms with Crippen molar-refractivity contribution in [1.29, 1.82) is 0 Å². The Labute approximate surface area is 112 Å². The first-order valence-corrected chi connectivity index (χ1v) is 6.50. The number of amides is 1. The molecule has 6 nitrogen and oxygen atoms in total. The molecule has 0 bridgehead atoms. The lowest BCUT2D eigenvalue weighted by Gasteiger charge is -2.11. The Morgan fingerprint density at radius 3 is 3.05 bits per heavy atom. The molecule has 0 aliphatic carbocycles. The normalized spacial score (nSPS) is 12.5. The zero-order valence-corrected chi connectivity index (χ0v) is 11.0. The Morgan fingerprint density at radius 1 is 1.47 bits per heavy atom. The highest BCUT2D eigenvalue weighted by Crippen LogP contribution is 2.06. The molecule has 19 heavy (non-hydrogen) atoms. The van der Waals surface area contributed by atoms with Gasteiger partial charge in [0.2, 0.25) is 5.91 Å². The molecule has 0 radical (unpaired) electrons. The number of fused-ring (bicyclic) bond motifs is 1. The van der Waals surface area contributed by atoms with Crippen molar-refractivity contribution in [1.82, 2.24) is 19.9 Å². The van der Waals surface area contributed by atoms with Gasteiger partial charge in [0.15, 0.2) is 11.5 Å². The lowest BCUT2D eigenvalue weighted by atomic mass is 10.0. The van der Waals surface area contributed by atoms with Crippen molar-refractivity contribution in [3.8, 4) is 0 Å². The minimum absolute atomic E-state index is 0.00461. The highest BCUT2D eigenvalue weighted by Gasteiger charge is 2.11. The van der Waals surface area contributed by atoms with Gasteiger partial charge in [0.25, 0.3) is 0 Å². The maximum absolute atomic E-state index is 11.8. The van der Waals surface area contributed by atoms with Crippen LogP contribution in [-0.4, -0.2) is 27.0 Å². The van der Waals surface area contributed by atoms with Crippen molar-refractivity contribution in [3.63, 3.8) is 0 Å². The Balaban J connectivity index is 1.93. The van der Waals surface area contributed by atoms with Gasteiger partial charge in [-0.25, -0.2) is 0 Å². The van der Waals surface area contributed by atoms with Gasteiger partial charge in [-0.15, -0.1) is 10.2 Å². The summed E-state index contributed by atoms with van der Waals surface area (Å²) >= 11 is 0. The summed E-state index contributed by atoms with van der Waals surface area (Å²) in [5, 5.41) is 11.0. The smallest absolute Gasteiger partial charge is 0.220 e. The predicted molar refractivity (Wildman–Crippen MR) is 72.3 cm³/mol. The lowest BCUT2D eigenvalue weighted by Crippen LogP contribution is -2.28. The highest BCUT2D eigenvalue weighted by atomic mass is 16.1. The summed E-state index contributed by atoms with van der Waals surface area (Å²) in [5.41, 5.74) is 6.37. The molecule has 2 aromatic rings. The van der Waals surface area contributed by atoms with Crippen molar-refractivity contribution in [2.45, 2.75) is 26.3 Å². The average Bonchev–Trinajstić information content (AvgIpc) is 2.86. The number of carbonyl (C=O) groups excluding carboxylic acids is 1. The van der Waals surface area contributed by atoms with E-state index in [0.717, 1.165) is 17.9 Å². The molecule has 1 atom stereocenters. The van der Waals surface area contributed by atoms with Gasteiger partial charge in [-0.05, 0) is 24.6 Å². The fourth-order valence-electron chi connectivity index (χ4n) is 1.92. The van der Waals surface area contributed by atoms with Crippen LogP contribution in [0.1, 0.15) is 25.6 Å². The Hall–Kier alpha value is -1.95. The van der Waals surface area contributed by atoms with Gasteiger partial charge in [-0.1, -0.05) is 19.4 Å². The van der Waals surface area contributed by atoms with Crippen molar-refractivity contribution in [2.75, 3.05) is 6.54 Å². The van der Waals surface area contributed by atoms with Crippen LogP contribution in [-0.2, 0) is 11.3 Å². The van der Waals surface area contributed by atoms with Gasteiger partial charge in [-0.3, -0.25) is 9.20 Å². The van der Waals surface area contributed by atoms with Crippen molar-refractivity contribution in [2.24, 2.45) is 11.7 Å². The van der Waals surface area contributed by atoms with Crippen LogP contribution < -0.4 is 11.1 Å². The number of nitrogens with two attached hydrogens (primary N) is 1. The quantitative estimate of drug-likeness (QED) is 0.802. The maximum Gasteiger partial charge on any atom is 0.220 e. The second-order valence-electron chi connectivity index (χ2n) is 4.54. The van der Waals surface area contributed by atoms with Gasteiger partial charge < -0.3 is 11.1 Å². The Kier molecular flexibility index (Phi) is 4.46. The van der Waals surface area contributed by atoms with Gasteiger partial charge >= 0.3 is 0 Å². The first-order chi connectivity index (χ1) is 9.24. The van der Waals surface area contributed by atoms with Gasteiger partial charge in [0.1, 0.15) is 0 Å². The summed E-state index contributed by atoms with van der Waals surface area (Å²) in [6.07, 6.45) is 3.26. The van der Waals surface area contributed by atoms with E-state index in [1.165, 1.54) is 0 Å². The van der Waals surface area contributed by atoms with Crippen molar-refractivity contribution < 1.29 is 4.79 Å². The number of nitrogens with one attached hydrogen (secondary N) is 1. The minimum atomic E-state index is 0.00461. The summed E-state index contributed by atoms with van der Waals surface area (Å²) in [7, 11) is 0. The summed E-state index contributed by atoms with van der Waals surface area (Å²) in [6.45, 7) is 2.96. The molecule has 0 saturated heterocycles. The first-order valence-electron chi connectivity index (χ1n) is 6.50. The van der Waals surface area contributed by atoms with E-state index in [9.17, 15) is 4.79 Å². The number of aromatic nitrogens is 3. The minimum Gasteiger partial charge on any atom is -0.349 e. The van der Waals surface area contributed by atoms with Crippen molar-refractivity contribution in [3.05, 3.63) is 30.2 Å². The van der Waals surface area contributed by atoms with E-state index in [2.05, 4.69) is 15.5 Å². The second kappa shape index (κ2) is 6.29. The molecular weight excluding hydrogens is 242 g/mol. The molecule has 0 fully saturated rings. The predicted octanol–water partition coefficient (Wildman–Crippen LogP) is 0.720. The molecule has 6 heteroatoms. The monoisotopic (exact) mass is 261 g/mol. The standard InChI is InChI=1S/C13H19N5O/c1-2-10(8-14)7-13(19)15-9-12-17-16-11-5-3-4-6-18(11)12/h3-6,10H,2,7-9,14H2,1H3,(H,15,19). The van der Waals surface area contributed by atoms with Crippen LogP contribution in [0.4, 0.5) is 0 Å².